The summed E-state index contributed by atoms with van der Waals surface area (Å²) < 4.78 is 9.97. The Morgan fingerprint density at radius 3 is 3.21 bits per heavy atom. The normalized spacial score (nSPS) is 18.8. The van der Waals surface area contributed by atoms with Crippen LogP contribution in [0.4, 0.5) is 0 Å². The van der Waals surface area contributed by atoms with E-state index < -0.39 is 0 Å². The van der Waals surface area contributed by atoms with Gasteiger partial charge in [-0.15, -0.1) is 11.3 Å². The Hall–Kier alpha value is -1.82. The lowest BCUT2D eigenvalue weighted by molar-refractivity contribution is 0.0695. The Bertz CT molecular complexity index is 564. The van der Waals surface area contributed by atoms with Gasteiger partial charge in [0.25, 0.3) is 11.8 Å². The highest BCUT2D eigenvalue weighted by Crippen LogP contribution is 2.35. The molecule has 5 nitrogen and oxygen atoms in total. The van der Waals surface area contributed by atoms with Crippen LogP contribution in [0.3, 0.4) is 0 Å². The van der Waals surface area contributed by atoms with E-state index in [9.17, 15) is 4.79 Å². The number of hydrogen-bond donors (Lipinski definition) is 0. The van der Waals surface area contributed by atoms with Crippen molar-refractivity contribution >= 4 is 17.2 Å². The van der Waals surface area contributed by atoms with Crippen LogP contribution in [0, 0.1) is 0 Å². The minimum absolute atomic E-state index is 0.119. The largest absolute Gasteiger partial charge is 0.479 e. The SMILES string of the molecule is COc1cc(C(=O)N2CCCC2c2cccs2)on1. The number of hydrogen-bond acceptors (Lipinski definition) is 5. The van der Waals surface area contributed by atoms with Gasteiger partial charge in [-0.05, 0) is 29.4 Å². The van der Waals surface area contributed by atoms with Crippen molar-refractivity contribution in [3.8, 4) is 5.88 Å². The first-order valence-electron chi connectivity index (χ1n) is 6.14. The molecule has 2 aromatic heterocycles. The molecule has 2 aromatic rings. The standard InChI is InChI=1S/C13H14N2O3S/c1-17-12-8-10(18-14-12)13(16)15-6-2-4-9(15)11-5-3-7-19-11/h3,5,7-9H,2,4,6H2,1H3. The fourth-order valence-electron chi connectivity index (χ4n) is 2.38. The van der Waals surface area contributed by atoms with Gasteiger partial charge < -0.3 is 14.2 Å². The zero-order valence-corrected chi connectivity index (χ0v) is 11.4. The molecule has 1 aliphatic heterocycles. The number of carbonyl (C=O) groups is 1. The number of carbonyl (C=O) groups excluding carboxylic acids is 1. The lowest BCUT2D eigenvalue weighted by Gasteiger charge is -2.22. The second-order valence-electron chi connectivity index (χ2n) is 4.41. The number of ether oxygens (including phenoxy) is 1. The third kappa shape index (κ3) is 2.23. The predicted octanol–water partition coefficient (Wildman–Crippen LogP) is 2.72. The molecule has 1 atom stereocenters. The number of rotatable bonds is 3. The smallest absolute Gasteiger partial charge is 0.293 e. The van der Waals surface area contributed by atoms with Crippen LogP contribution in [-0.4, -0.2) is 29.6 Å². The number of aromatic nitrogens is 1. The topological polar surface area (TPSA) is 55.6 Å². The van der Waals surface area contributed by atoms with Crippen LogP contribution in [0.2, 0.25) is 0 Å². The fourth-order valence-corrected chi connectivity index (χ4v) is 3.26. The quantitative estimate of drug-likeness (QED) is 0.866. The van der Waals surface area contributed by atoms with Crippen LogP contribution in [-0.2, 0) is 0 Å². The van der Waals surface area contributed by atoms with E-state index in [1.807, 2.05) is 16.3 Å². The summed E-state index contributed by atoms with van der Waals surface area (Å²) in [6, 6.07) is 5.77. The van der Waals surface area contributed by atoms with Gasteiger partial charge in [0.1, 0.15) is 0 Å². The summed E-state index contributed by atoms with van der Waals surface area (Å²) >= 11 is 1.68. The van der Waals surface area contributed by atoms with E-state index in [0.717, 1.165) is 19.4 Å². The number of amides is 1. The summed E-state index contributed by atoms with van der Waals surface area (Å²) in [6.07, 6.45) is 2.01. The molecular formula is C13H14N2O3S. The summed E-state index contributed by atoms with van der Waals surface area (Å²) in [6.45, 7) is 0.754. The van der Waals surface area contributed by atoms with Gasteiger partial charge in [-0.2, -0.15) is 0 Å². The molecule has 0 bridgehead atoms. The van der Waals surface area contributed by atoms with Crippen molar-refractivity contribution in [2.45, 2.75) is 18.9 Å². The zero-order valence-electron chi connectivity index (χ0n) is 10.5. The van der Waals surface area contributed by atoms with Crippen molar-refractivity contribution in [2.24, 2.45) is 0 Å². The summed E-state index contributed by atoms with van der Waals surface area (Å²) in [4.78, 5) is 15.5. The van der Waals surface area contributed by atoms with Crippen molar-refractivity contribution < 1.29 is 14.1 Å². The summed E-state index contributed by atoms with van der Waals surface area (Å²) in [7, 11) is 1.50. The van der Waals surface area contributed by atoms with E-state index in [1.54, 1.807) is 11.3 Å². The van der Waals surface area contributed by atoms with Gasteiger partial charge >= 0.3 is 0 Å². The average Bonchev–Trinajstić information content (AvgIpc) is 3.16. The van der Waals surface area contributed by atoms with Crippen LogP contribution in [0.15, 0.2) is 28.1 Å². The maximum atomic E-state index is 12.4. The van der Waals surface area contributed by atoms with Gasteiger partial charge in [0.2, 0.25) is 5.76 Å². The Balaban J connectivity index is 1.82. The fraction of sp³-hybridized carbons (Fsp3) is 0.385. The molecule has 19 heavy (non-hydrogen) atoms. The van der Waals surface area contributed by atoms with E-state index in [4.69, 9.17) is 9.26 Å². The minimum atomic E-state index is -0.119. The van der Waals surface area contributed by atoms with Crippen molar-refractivity contribution in [1.82, 2.24) is 10.1 Å². The van der Waals surface area contributed by atoms with Gasteiger partial charge in [-0.25, -0.2) is 0 Å². The van der Waals surface area contributed by atoms with E-state index in [1.165, 1.54) is 18.1 Å². The molecule has 1 aliphatic rings. The number of nitrogens with zero attached hydrogens (tertiary/aromatic N) is 2. The Kier molecular flexibility index (Phi) is 3.25. The van der Waals surface area contributed by atoms with E-state index in [2.05, 4.69) is 11.2 Å². The molecule has 0 N–H and O–H groups in total. The molecule has 100 valence electrons. The van der Waals surface area contributed by atoms with Crippen LogP contribution < -0.4 is 4.74 Å². The average molecular weight is 278 g/mol. The van der Waals surface area contributed by atoms with Crippen molar-refractivity contribution in [3.63, 3.8) is 0 Å². The highest BCUT2D eigenvalue weighted by molar-refractivity contribution is 7.10. The molecule has 3 heterocycles. The molecule has 0 saturated carbocycles. The number of thiophene rings is 1. The van der Waals surface area contributed by atoms with Gasteiger partial charge in [0.15, 0.2) is 0 Å². The van der Waals surface area contributed by atoms with Crippen molar-refractivity contribution in [3.05, 3.63) is 34.2 Å². The number of likely N-dealkylation sites (tertiary alicyclic amines) is 1. The Labute approximate surface area is 114 Å². The second-order valence-corrected chi connectivity index (χ2v) is 5.38. The maximum Gasteiger partial charge on any atom is 0.293 e. The third-order valence-corrected chi connectivity index (χ3v) is 4.27. The van der Waals surface area contributed by atoms with Gasteiger partial charge in [0.05, 0.1) is 19.2 Å². The molecule has 1 unspecified atom stereocenters. The highest BCUT2D eigenvalue weighted by atomic mass is 32.1. The molecule has 1 fully saturated rings. The zero-order chi connectivity index (χ0) is 13.2. The van der Waals surface area contributed by atoms with Crippen LogP contribution in [0.5, 0.6) is 5.88 Å². The lowest BCUT2D eigenvalue weighted by atomic mass is 10.2. The number of methoxy groups -OCH3 is 1. The first-order chi connectivity index (χ1) is 9.29. The monoisotopic (exact) mass is 278 g/mol. The van der Waals surface area contributed by atoms with E-state index in [-0.39, 0.29) is 17.7 Å². The Morgan fingerprint density at radius 1 is 1.63 bits per heavy atom. The van der Waals surface area contributed by atoms with Gasteiger partial charge in [-0.1, -0.05) is 6.07 Å². The first-order valence-corrected chi connectivity index (χ1v) is 7.02. The maximum absolute atomic E-state index is 12.4. The molecule has 0 aliphatic carbocycles. The summed E-state index contributed by atoms with van der Waals surface area (Å²) in [5.41, 5.74) is 0. The Morgan fingerprint density at radius 2 is 2.53 bits per heavy atom. The second kappa shape index (κ2) is 5.05. The molecule has 0 aromatic carbocycles. The van der Waals surface area contributed by atoms with Gasteiger partial charge in [0, 0.05) is 11.4 Å². The van der Waals surface area contributed by atoms with E-state index in [0.29, 0.717) is 5.88 Å². The molecule has 0 spiro atoms. The van der Waals surface area contributed by atoms with Crippen LogP contribution >= 0.6 is 11.3 Å². The summed E-state index contributed by atoms with van der Waals surface area (Å²) in [5, 5.41) is 5.71. The molecule has 0 radical (unpaired) electrons. The first kappa shape index (κ1) is 12.2. The molecule has 1 amide bonds. The molecule has 6 heteroatoms. The third-order valence-electron chi connectivity index (χ3n) is 3.29. The molecule has 1 saturated heterocycles. The lowest BCUT2D eigenvalue weighted by Crippen LogP contribution is -2.29. The van der Waals surface area contributed by atoms with Crippen molar-refractivity contribution in [2.75, 3.05) is 13.7 Å². The summed E-state index contributed by atoms with van der Waals surface area (Å²) in [5.74, 6) is 0.447. The highest BCUT2D eigenvalue weighted by Gasteiger charge is 2.33. The molecule has 3 rings (SSSR count). The van der Waals surface area contributed by atoms with Gasteiger partial charge in [-0.3, -0.25) is 4.79 Å². The van der Waals surface area contributed by atoms with E-state index >= 15 is 0 Å². The van der Waals surface area contributed by atoms with Crippen molar-refractivity contribution in [1.29, 1.82) is 0 Å². The minimum Gasteiger partial charge on any atom is -0.479 e. The predicted molar refractivity (Wildman–Crippen MR) is 70.4 cm³/mol. The molecular weight excluding hydrogens is 264 g/mol. The van der Waals surface area contributed by atoms with Crippen LogP contribution in [0.25, 0.3) is 0 Å². The van der Waals surface area contributed by atoms with Crippen LogP contribution in [0.1, 0.15) is 34.3 Å².